The van der Waals surface area contributed by atoms with Crippen LogP contribution in [-0.4, -0.2) is 5.91 Å². The maximum Gasteiger partial charge on any atom is 0.249 e. The van der Waals surface area contributed by atoms with Gasteiger partial charge in [-0.3, -0.25) is 4.79 Å². The van der Waals surface area contributed by atoms with E-state index in [0.717, 1.165) is 10.0 Å². The van der Waals surface area contributed by atoms with Gasteiger partial charge in [0.2, 0.25) is 5.91 Å². The van der Waals surface area contributed by atoms with Crippen molar-refractivity contribution in [2.24, 2.45) is 5.73 Å². The zero-order chi connectivity index (χ0) is 9.84. The smallest absolute Gasteiger partial charge is 0.249 e. The molecule has 3 heteroatoms. The molecule has 1 aromatic rings. The fourth-order valence-electron chi connectivity index (χ4n) is 1.14. The van der Waals surface area contributed by atoms with Gasteiger partial charge in [0, 0.05) is 10.0 Å². The summed E-state index contributed by atoms with van der Waals surface area (Å²) in [5.74, 6) is -0.404. The Morgan fingerprint density at radius 1 is 1.62 bits per heavy atom. The largest absolute Gasteiger partial charge is 0.366 e. The van der Waals surface area contributed by atoms with Gasteiger partial charge in [-0.2, -0.15) is 0 Å². The molecule has 2 nitrogen and oxygen atoms in total. The molecule has 1 aromatic carbocycles. The Bertz CT molecular complexity index is 347. The molecule has 0 radical (unpaired) electrons. The van der Waals surface area contributed by atoms with Crippen LogP contribution in [0.4, 0.5) is 0 Å². The fourth-order valence-corrected chi connectivity index (χ4v) is 1.67. The predicted octanol–water partition coefficient (Wildman–Crippen LogP) is 2.28. The average Bonchev–Trinajstić information content (AvgIpc) is 2.08. The van der Waals surface area contributed by atoms with Crippen LogP contribution in [0.1, 0.15) is 15.9 Å². The second-order valence-corrected chi connectivity index (χ2v) is 3.48. The molecule has 1 amide bonds. The highest BCUT2D eigenvalue weighted by Crippen LogP contribution is 2.21. The van der Waals surface area contributed by atoms with E-state index in [1.807, 2.05) is 6.07 Å². The van der Waals surface area contributed by atoms with Crippen LogP contribution in [-0.2, 0) is 6.42 Å². The second-order valence-electron chi connectivity index (χ2n) is 2.62. The molecular weight excluding hydrogens is 230 g/mol. The quantitative estimate of drug-likeness (QED) is 0.809. The Labute approximate surface area is 85.6 Å². The number of hydrogen-bond donors (Lipinski definition) is 1. The van der Waals surface area contributed by atoms with E-state index in [2.05, 4.69) is 22.5 Å². The van der Waals surface area contributed by atoms with Crippen molar-refractivity contribution >= 4 is 21.8 Å². The van der Waals surface area contributed by atoms with Crippen LogP contribution in [0.5, 0.6) is 0 Å². The number of nitrogens with two attached hydrogens (primary N) is 1. The molecule has 0 aliphatic rings. The van der Waals surface area contributed by atoms with Crippen LogP contribution in [0.2, 0.25) is 0 Å². The van der Waals surface area contributed by atoms with Crippen molar-refractivity contribution in [2.75, 3.05) is 0 Å². The number of primary amides is 1. The second kappa shape index (κ2) is 4.23. The van der Waals surface area contributed by atoms with Gasteiger partial charge >= 0.3 is 0 Å². The van der Waals surface area contributed by atoms with Crippen LogP contribution < -0.4 is 5.73 Å². The van der Waals surface area contributed by atoms with E-state index >= 15 is 0 Å². The minimum atomic E-state index is -0.404. The first-order valence-corrected chi connectivity index (χ1v) is 4.64. The lowest BCUT2D eigenvalue weighted by molar-refractivity contribution is 0.0999. The first kappa shape index (κ1) is 9.99. The minimum absolute atomic E-state index is 0.404. The zero-order valence-corrected chi connectivity index (χ0v) is 8.67. The van der Waals surface area contributed by atoms with Gasteiger partial charge in [0.1, 0.15) is 0 Å². The molecule has 0 heterocycles. The normalized spacial score (nSPS) is 9.62. The van der Waals surface area contributed by atoms with Crippen LogP contribution in [0.3, 0.4) is 0 Å². The van der Waals surface area contributed by atoms with Gasteiger partial charge in [0.25, 0.3) is 0 Å². The van der Waals surface area contributed by atoms with E-state index in [-0.39, 0.29) is 0 Å². The Balaban J connectivity index is 3.24. The van der Waals surface area contributed by atoms with Crippen LogP contribution in [0, 0.1) is 0 Å². The van der Waals surface area contributed by atoms with Crippen LogP contribution >= 0.6 is 15.9 Å². The maximum atomic E-state index is 11.0. The first-order chi connectivity index (χ1) is 6.16. The molecule has 0 atom stereocenters. The summed E-state index contributed by atoms with van der Waals surface area (Å²) in [6, 6.07) is 5.38. The lowest BCUT2D eigenvalue weighted by Crippen LogP contribution is -2.13. The standard InChI is InChI=1S/C10H10BrNO/c1-2-4-7-8(10(12)13)5-3-6-9(7)11/h2-3,5-6H,1,4H2,(H2,12,13). The third-order valence-electron chi connectivity index (χ3n) is 1.73. The maximum absolute atomic E-state index is 11.0. The Hall–Kier alpha value is -1.09. The molecule has 1 rings (SSSR count). The number of amides is 1. The summed E-state index contributed by atoms with van der Waals surface area (Å²) in [6.07, 6.45) is 2.38. The number of halogens is 1. The third-order valence-corrected chi connectivity index (χ3v) is 2.48. The SMILES string of the molecule is C=CCc1c(Br)cccc1C(N)=O. The summed E-state index contributed by atoms with van der Waals surface area (Å²) < 4.78 is 0.892. The summed E-state index contributed by atoms with van der Waals surface area (Å²) in [4.78, 5) is 11.0. The summed E-state index contributed by atoms with van der Waals surface area (Å²) in [5.41, 5.74) is 6.66. The molecule has 0 fully saturated rings. The van der Waals surface area contributed by atoms with Gasteiger partial charge in [-0.1, -0.05) is 28.1 Å². The van der Waals surface area contributed by atoms with Crippen molar-refractivity contribution < 1.29 is 4.79 Å². The molecule has 0 spiro atoms. The van der Waals surface area contributed by atoms with Gasteiger partial charge in [-0.15, -0.1) is 6.58 Å². The first-order valence-electron chi connectivity index (χ1n) is 3.85. The van der Waals surface area contributed by atoms with Crippen LogP contribution in [0.15, 0.2) is 35.3 Å². The van der Waals surface area contributed by atoms with E-state index in [0.29, 0.717) is 12.0 Å². The van der Waals surface area contributed by atoms with Gasteiger partial charge in [-0.05, 0) is 24.1 Å². The van der Waals surface area contributed by atoms with E-state index in [4.69, 9.17) is 5.73 Å². The molecule has 13 heavy (non-hydrogen) atoms. The van der Waals surface area contributed by atoms with Gasteiger partial charge < -0.3 is 5.73 Å². The molecule has 0 bridgehead atoms. The number of hydrogen-bond acceptors (Lipinski definition) is 1. The van der Waals surface area contributed by atoms with Crippen molar-refractivity contribution in [3.8, 4) is 0 Å². The highest BCUT2D eigenvalue weighted by Gasteiger charge is 2.08. The molecule has 2 N–H and O–H groups in total. The highest BCUT2D eigenvalue weighted by molar-refractivity contribution is 9.10. The van der Waals surface area contributed by atoms with Gasteiger partial charge in [-0.25, -0.2) is 0 Å². The Morgan fingerprint density at radius 3 is 2.85 bits per heavy atom. The number of carbonyl (C=O) groups excluding carboxylic acids is 1. The molecule has 68 valence electrons. The molecule has 0 unspecified atom stereocenters. The van der Waals surface area contributed by atoms with E-state index in [1.54, 1.807) is 18.2 Å². The zero-order valence-electron chi connectivity index (χ0n) is 7.09. The summed E-state index contributed by atoms with van der Waals surface area (Å²) in [5, 5.41) is 0. The fraction of sp³-hybridized carbons (Fsp3) is 0.100. The molecule has 0 saturated heterocycles. The molecule has 0 aromatic heterocycles. The summed E-state index contributed by atoms with van der Waals surface area (Å²) in [6.45, 7) is 3.62. The highest BCUT2D eigenvalue weighted by atomic mass is 79.9. The predicted molar refractivity (Wildman–Crippen MR) is 56.6 cm³/mol. The Kier molecular flexibility index (Phi) is 3.25. The lowest BCUT2D eigenvalue weighted by Gasteiger charge is -2.05. The number of allylic oxidation sites excluding steroid dienone is 1. The van der Waals surface area contributed by atoms with Crippen molar-refractivity contribution in [3.63, 3.8) is 0 Å². The van der Waals surface area contributed by atoms with E-state index in [9.17, 15) is 4.79 Å². The van der Waals surface area contributed by atoms with E-state index in [1.165, 1.54) is 0 Å². The average molecular weight is 240 g/mol. The van der Waals surface area contributed by atoms with Crippen LogP contribution in [0.25, 0.3) is 0 Å². The summed E-state index contributed by atoms with van der Waals surface area (Å²) in [7, 11) is 0. The monoisotopic (exact) mass is 239 g/mol. The van der Waals surface area contributed by atoms with Crippen molar-refractivity contribution in [3.05, 3.63) is 46.5 Å². The number of rotatable bonds is 3. The van der Waals surface area contributed by atoms with Crippen molar-refractivity contribution in [2.45, 2.75) is 6.42 Å². The molecule has 0 aliphatic heterocycles. The summed E-state index contributed by atoms with van der Waals surface area (Å²) >= 11 is 3.36. The minimum Gasteiger partial charge on any atom is -0.366 e. The van der Waals surface area contributed by atoms with E-state index < -0.39 is 5.91 Å². The molecule has 0 aliphatic carbocycles. The molecule has 0 saturated carbocycles. The lowest BCUT2D eigenvalue weighted by atomic mass is 10.0. The number of carbonyl (C=O) groups is 1. The van der Waals surface area contributed by atoms with Gasteiger partial charge in [0.05, 0.1) is 0 Å². The Morgan fingerprint density at radius 2 is 2.31 bits per heavy atom. The van der Waals surface area contributed by atoms with Crippen molar-refractivity contribution in [1.29, 1.82) is 0 Å². The third kappa shape index (κ3) is 2.18. The molecular formula is C10H10BrNO. The number of benzene rings is 1. The topological polar surface area (TPSA) is 43.1 Å². The van der Waals surface area contributed by atoms with Gasteiger partial charge in [0.15, 0.2) is 0 Å². The van der Waals surface area contributed by atoms with Crippen molar-refractivity contribution in [1.82, 2.24) is 0 Å².